The second kappa shape index (κ2) is 7.12. The summed E-state index contributed by atoms with van der Waals surface area (Å²) in [6.45, 7) is 4.49. The lowest BCUT2D eigenvalue weighted by Gasteiger charge is -2.35. The number of aromatic nitrogens is 1. The molecule has 0 unspecified atom stereocenters. The van der Waals surface area contributed by atoms with Crippen LogP contribution < -0.4 is 10.2 Å². The van der Waals surface area contributed by atoms with Gasteiger partial charge in [0, 0.05) is 50.7 Å². The second-order valence-corrected chi connectivity index (χ2v) is 5.71. The van der Waals surface area contributed by atoms with Gasteiger partial charge in [-0.05, 0) is 24.3 Å². The van der Waals surface area contributed by atoms with Gasteiger partial charge >= 0.3 is 0 Å². The first-order valence-corrected chi connectivity index (χ1v) is 7.96. The molecular formula is C18H20N4O2. The van der Waals surface area contributed by atoms with E-state index in [-0.39, 0.29) is 11.8 Å². The maximum absolute atomic E-state index is 12.3. The predicted octanol–water partition coefficient (Wildman–Crippen LogP) is 2.00. The molecule has 2 aromatic rings. The van der Waals surface area contributed by atoms with E-state index in [0.29, 0.717) is 18.8 Å². The highest BCUT2D eigenvalue weighted by atomic mass is 16.2. The number of amides is 2. The molecule has 2 amide bonds. The van der Waals surface area contributed by atoms with Crippen molar-refractivity contribution in [1.82, 2.24) is 9.88 Å². The van der Waals surface area contributed by atoms with Gasteiger partial charge in [-0.1, -0.05) is 18.2 Å². The zero-order chi connectivity index (χ0) is 16.9. The average molecular weight is 324 g/mol. The molecule has 6 heteroatoms. The molecule has 1 saturated heterocycles. The molecule has 0 atom stereocenters. The maximum Gasteiger partial charge on any atom is 0.274 e. The van der Waals surface area contributed by atoms with Gasteiger partial charge < -0.3 is 15.1 Å². The summed E-state index contributed by atoms with van der Waals surface area (Å²) in [7, 11) is 0. The van der Waals surface area contributed by atoms with Crippen LogP contribution in [-0.4, -0.2) is 47.9 Å². The molecule has 24 heavy (non-hydrogen) atoms. The first-order valence-electron chi connectivity index (χ1n) is 7.96. The number of hydrogen-bond acceptors (Lipinski definition) is 4. The van der Waals surface area contributed by atoms with Crippen molar-refractivity contribution in [2.75, 3.05) is 36.4 Å². The van der Waals surface area contributed by atoms with E-state index in [4.69, 9.17) is 0 Å². The summed E-state index contributed by atoms with van der Waals surface area (Å²) in [6.07, 6.45) is 1.65. The van der Waals surface area contributed by atoms with Gasteiger partial charge in [0.2, 0.25) is 5.91 Å². The highest BCUT2D eigenvalue weighted by molar-refractivity contribution is 6.03. The number of carbonyl (C=O) groups is 2. The molecule has 1 aromatic heterocycles. The Balaban J connectivity index is 1.68. The maximum atomic E-state index is 12.3. The van der Waals surface area contributed by atoms with E-state index < -0.39 is 0 Å². The fourth-order valence-corrected chi connectivity index (χ4v) is 2.74. The summed E-state index contributed by atoms with van der Waals surface area (Å²) in [6, 6.07) is 13.0. The van der Waals surface area contributed by atoms with Crippen LogP contribution in [0.2, 0.25) is 0 Å². The first-order chi connectivity index (χ1) is 11.6. The number of pyridine rings is 1. The van der Waals surface area contributed by atoms with Crippen molar-refractivity contribution < 1.29 is 9.59 Å². The molecule has 3 rings (SSSR count). The molecule has 1 aromatic carbocycles. The molecule has 1 fully saturated rings. The van der Waals surface area contributed by atoms with Crippen LogP contribution in [0.5, 0.6) is 0 Å². The molecule has 6 nitrogen and oxygen atoms in total. The van der Waals surface area contributed by atoms with Gasteiger partial charge in [0.15, 0.2) is 0 Å². The minimum atomic E-state index is -0.231. The Morgan fingerprint density at radius 3 is 2.42 bits per heavy atom. The zero-order valence-corrected chi connectivity index (χ0v) is 13.6. The van der Waals surface area contributed by atoms with Crippen LogP contribution in [0.3, 0.4) is 0 Å². The molecule has 0 saturated carbocycles. The van der Waals surface area contributed by atoms with Crippen molar-refractivity contribution in [3.63, 3.8) is 0 Å². The molecule has 0 spiro atoms. The Labute approximate surface area is 141 Å². The van der Waals surface area contributed by atoms with Crippen molar-refractivity contribution in [1.29, 1.82) is 0 Å². The van der Waals surface area contributed by atoms with Crippen molar-refractivity contribution in [3.05, 3.63) is 54.4 Å². The van der Waals surface area contributed by atoms with E-state index in [1.807, 2.05) is 41.3 Å². The lowest BCUT2D eigenvalue weighted by atomic mass is 10.2. The fourth-order valence-electron chi connectivity index (χ4n) is 2.74. The van der Waals surface area contributed by atoms with Crippen molar-refractivity contribution in [2.24, 2.45) is 0 Å². The van der Waals surface area contributed by atoms with Crippen molar-refractivity contribution >= 4 is 23.2 Å². The third-order valence-corrected chi connectivity index (χ3v) is 4.10. The molecule has 1 aliphatic rings. The van der Waals surface area contributed by atoms with Crippen LogP contribution in [0.4, 0.5) is 11.4 Å². The Morgan fingerprint density at radius 2 is 1.75 bits per heavy atom. The van der Waals surface area contributed by atoms with Crippen LogP contribution in [-0.2, 0) is 4.79 Å². The first kappa shape index (κ1) is 16.0. The Morgan fingerprint density at radius 1 is 1.04 bits per heavy atom. The van der Waals surface area contributed by atoms with Crippen LogP contribution in [0.1, 0.15) is 17.4 Å². The van der Waals surface area contributed by atoms with E-state index in [1.54, 1.807) is 19.2 Å². The molecule has 0 bridgehead atoms. The van der Waals surface area contributed by atoms with Crippen LogP contribution >= 0.6 is 0 Å². The lowest BCUT2D eigenvalue weighted by Crippen LogP contribution is -2.48. The summed E-state index contributed by atoms with van der Waals surface area (Å²) >= 11 is 0. The number of piperazine rings is 1. The minimum Gasteiger partial charge on any atom is -0.368 e. The highest BCUT2D eigenvalue weighted by Gasteiger charge is 2.19. The van der Waals surface area contributed by atoms with Gasteiger partial charge in [0.1, 0.15) is 5.69 Å². The summed E-state index contributed by atoms with van der Waals surface area (Å²) in [5, 5.41) is 2.84. The number of carbonyl (C=O) groups excluding carboxylic acids is 2. The zero-order valence-electron chi connectivity index (χ0n) is 13.6. The third kappa shape index (κ3) is 3.71. The van der Waals surface area contributed by atoms with E-state index in [1.165, 1.54) is 0 Å². The van der Waals surface area contributed by atoms with E-state index in [2.05, 4.69) is 15.2 Å². The summed E-state index contributed by atoms with van der Waals surface area (Å²) in [5.41, 5.74) is 2.07. The smallest absolute Gasteiger partial charge is 0.274 e. The van der Waals surface area contributed by atoms with Crippen LogP contribution in [0.15, 0.2) is 48.7 Å². The van der Waals surface area contributed by atoms with Crippen LogP contribution in [0.25, 0.3) is 0 Å². The van der Waals surface area contributed by atoms with Gasteiger partial charge in [-0.25, -0.2) is 0 Å². The monoisotopic (exact) mass is 324 g/mol. The highest BCUT2D eigenvalue weighted by Crippen LogP contribution is 2.18. The molecule has 0 radical (unpaired) electrons. The Hall–Kier alpha value is -2.89. The summed E-state index contributed by atoms with van der Waals surface area (Å²) in [5.74, 6) is -0.127. The molecule has 1 aliphatic heterocycles. The van der Waals surface area contributed by atoms with Gasteiger partial charge in [-0.2, -0.15) is 0 Å². The number of benzene rings is 1. The largest absolute Gasteiger partial charge is 0.368 e. The summed E-state index contributed by atoms with van der Waals surface area (Å²) in [4.78, 5) is 31.9. The number of nitrogens with zero attached hydrogens (tertiary/aromatic N) is 3. The standard InChI is InChI=1S/C18H20N4O2/c1-14(23)21-9-11-22(12-10-21)16-7-8-19-17(13-16)18(24)20-15-5-3-2-4-6-15/h2-8,13H,9-12H2,1H3,(H,20,24). The summed E-state index contributed by atoms with van der Waals surface area (Å²) < 4.78 is 0. The third-order valence-electron chi connectivity index (χ3n) is 4.10. The molecule has 0 aliphatic carbocycles. The van der Waals surface area contributed by atoms with E-state index in [0.717, 1.165) is 24.5 Å². The average Bonchev–Trinajstić information content (AvgIpc) is 2.63. The van der Waals surface area contributed by atoms with Crippen molar-refractivity contribution in [3.8, 4) is 0 Å². The number of anilines is 2. The lowest BCUT2D eigenvalue weighted by molar-refractivity contribution is -0.129. The quantitative estimate of drug-likeness (QED) is 0.938. The molecular weight excluding hydrogens is 304 g/mol. The van der Waals surface area contributed by atoms with Gasteiger partial charge in [0.25, 0.3) is 5.91 Å². The predicted molar refractivity (Wildman–Crippen MR) is 93.1 cm³/mol. The second-order valence-electron chi connectivity index (χ2n) is 5.71. The number of nitrogens with one attached hydrogen (secondary N) is 1. The van der Waals surface area contributed by atoms with E-state index >= 15 is 0 Å². The van der Waals surface area contributed by atoms with Gasteiger partial charge in [0.05, 0.1) is 0 Å². The van der Waals surface area contributed by atoms with Gasteiger partial charge in [-0.15, -0.1) is 0 Å². The Kier molecular flexibility index (Phi) is 4.74. The molecule has 2 heterocycles. The normalized spacial score (nSPS) is 14.4. The molecule has 1 N–H and O–H groups in total. The fraction of sp³-hybridized carbons (Fsp3) is 0.278. The number of hydrogen-bond donors (Lipinski definition) is 1. The van der Waals surface area contributed by atoms with E-state index in [9.17, 15) is 9.59 Å². The van der Waals surface area contributed by atoms with Crippen molar-refractivity contribution in [2.45, 2.75) is 6.92 Å². The Bertz CT molecular complexity index is 725. The minimum absolute atomic E-state index is 0.104. The van der Waals surface area contributed by atoms with Gasteiger partial charge in [-0.3, -0.25) is 14.6 Å². The SMILES string of the molecule is CC(=O)N1CCN(c2ccnc(C(=O)Nc3ccccc3)c2)CC1. The topological polar surface area (TPSA) is 65.5 Å². The van der Waals surface area contributed by atoms with Crippen LogP contribution in [0, 0.1) is 0 Å². The molecule has 124 valence electrons. The number of rotatable bonds is 3. The number of para-hydroxylation sites is 1.